The first-order chi connectivity index (χ1) is 13.5. The summed E-state index contributed by atoms with van der Waals surface area (Å²) in [6.45, 7) is 3.69. The van der Waals surface area contributed by atoms with E-state index in [0.29, 0.717) is 39.0 Å². The highest BCUT2D eigenvalue weighted by Gasteiger charge is 2.16. The molecule has 10 heteroatoms. The van der Waals surface area contributed by atoms with Crippen molar-refractivity contribution < 1.29 is 4.74 Å². The van der Waals surface area contributed by atoms with E-state index in [0.717, 1.165) is 30.7 Å². The Kier molecular flexibility index (Phi) is 7.54. The fourth-order valence-corrected chi connectivity index (χ4v) is 3.79. The zero-order valence-corrected chi connectivity index (χ0v) is 18.3. The van der Waals surface area contributed by atoms with E-state index in [1.54, 1.807) is 29.1 Å². The van der Waals surface area contributed by atoms with E-state index in [9.17, 15) is 0 Å². The van der Waals surface area contributed by atoms with Crippen molar-refractivity contribution in [1.82, 2.24) is 20.5 Å². The first-order valence-corrected chi connectivity index (χ1v) is 10.3. The zero-order chi connectivity index (χ0) is 20.1. The molecular formula is C18H20Cl3N5OS. The number of hydrazone groups is 1. The molecule has 0 bridgehead atoms. The molecule has 0 amide bonds. The number of nitrogens with one attached hydrogen (secondary N) is 2. The number of aryl methyl sites for hydroxylation is 1. The minimum atomic E-state index is 0.204. The molecule has 6 nitrogen and oxygen atoms in total. The summed E-state index contributed by atoms with van der Waals surface area (Å²) in [5, 5.41) is 13.7. The normalized spacial score (nSPS) is 16.6. The van der Waals surface area contributed by atoms with Gasteiger partial charge in [0.2, 0.25) is 0 Å². The average molecular weight is 461 g/mol. The van der Waals surface area contributed by atoms with E-state index in [1.807, 2.05) is 6.92 Å². The van der Waals surface area contributed by atoms with Gasteiger partial charge in [0.15, 0.2) is 5.11 Å². The molecule has 1 saturated heterocycles. The van der Waals surface area contributed by atoms with Gasteiger partial charge in [-0.3, -0.25) is 5.43 Å². The largest absolute Gasteiger partial charge is 0.376 e. The Labute approximate surface area is 184 Å². The standard InChI is InChI=1S/C18H20Cl3N5OS/c1-11-13(9-23-24-18(28)22-8-12-4-3-7-27-12)17(21)26(25-11)10-14-15(19)5-2-6-16(14)20/h2,5-6,9,12H,3-4,7-8,10H2,1H3,(H2,22,24,28)/b23-9-/t12-/m0/s1. The zero-order valence-electron chi connectivity index (χ0n) is 15.2. The third kappa shape index (κ3) is 5.36. The van der Waals surface area contributed by atoms with Crippen LogP contribution in [0.1, 0.15) is 29.7 Å². The first kappa shape index (κ1) is 21.3. The van der Waals surface area contributed by atoms with Crippen LogP contribution in [-0.4, -0.2) is 40.4 Å². The highest BCUT2D eigenvalue weighted by Crippen LogP contribution is 2.27. The predicted octanol–water partition coefficient (Wildman–Crippen LogP) is 4.18. The summed E-state index contributed by atoms with van der Waals surface area (Å²) < 4.78 is 7.18. The minimum Gasteiger partial charge on any atom is -0.376 e. The molecule has 28 heavy (non-hydrogen) atoms. The van der Waals surface area contributed by atoms with Crippen LogP contribution in [0.3, 0.4) is 0 Å². The number of thiocarbonyl (C=S) groups is 1. The third-order valence-electron chi connectivity index (χ3n) is 4.35. The molecule has 2 N–H and O–H groups in total. The Balaban J connectivity index is 1.61. The van der Waals surface area contributed by atoms with Crippen molar-refractivity contribution >= 4 is 58.3 Å². The summed E-state index contributed by atoms with van der Waals surface area (Å²) in [5.41, 5.74) is 4.97. The second kappa shape index (κ2) is 9.89. The minimum absolute atomic E-state index is 0.204. The van der Waals surface area contributed by atoms with Crippen LogP contribution in [-0.2, 0) is 11.3 Å². The van der Waals surface area contributed by atoms with Crippen LogP contribution in [0.5, 0.6) is 0 Å². The van der Waals surface area contributed by atoms with E-state index in [4.69, 9.17) is 51.8 Å². The lowest BCUT2D eigenvalue weighted by atomic mass is 10.2. The van der Waals surface area contributed by atoms with Crippen LogP contribution >= 0.6 is 47.0 Å². The molecular weight excluding hydrogens is 441 g/mol. The Morgan fingerprint density at radius 1 is 1.39 bits per heavy atom. The van der Waals surface area contributed by atoms with Crippen molar-refractivity contribution in [1.29, 1.82) is 0 Å². The maximum atomic E-state index is 6.48. The van der Waals surface area contributed by atoms with Crippen LogP contribution < -0.4 is 10.7 Å². The number of hydrogen-bond acceptors (Lipinski definition) is 4. The number of aromatic nitrogens is 2. The number of ether oxygens (including phenoxy) is 1. The van der Waals surface area contributed by atoms with Gasteiger partial charge in [0.05, 0.1) is 30.1 Å². The van der Waals surface area contributed by atoms with Gasteiger partial charge in [0, 0.05) is 28.8 Å². The molecule has 0 spiro atoms. The fraction of sp³-hybridized carbons (Fsp3) is 0.389. The molecule has 1 aliphatic rings. The van der Waals surface area contributed by atoms with Crippen LogP contribution in [0.2, 0.25) is 15.2 Å². The van der Waals surface area contributed by atoms with E-state index in [1.165, 1.54) is 0 Å². The van der Waals surface area contributed by atoms with E-state index >= 15 is 0 Å². The van der Waals surface area contributed by atoms with Crippen LogP contribution in [0, 0.1) is 6.92 Å². The summed E-state index contributed by atoms with van der Waals surface area (Å²) in [6.07, 6.45) is 3.93. The number of rotatable bonds is 6. The van der Waals surface area contributed by atoms with E-state index in [-0.39, 0.29) is 6.10 Å². The smallest absolute Gasteiger partial charge is 0.187 e. The molecule has 150 valence electrons. The van der Waals surface area contributed by atoms with Crippen molar-refractivity contribution in [2.24, 2.45) is 5.10 Å². The van der Waals surface area contributed by atoms with Gasteiger partial charge in [-0.05, 0) is 44.1 Å². The van der Waals surface area contributed by atoms with Gasteiger partial charge in [0.25, 0.3) is 0 Å². The number of benzene rings is 1. The number of hydrogen-bond donors (Lipinski definition) is 2. The third-order valence-corrected chi connectivity index (χ3v) is 5.70. The molecule has 1 aliphatic heterocycles. The summed E-state index contributed by atoms with van der Waals surface area (Å²) in [7, 11) is 0. The predicted molar refractivity (Wildman–Crippen MR) is 118 cm³/mol. The SMILES string of the molecule is Cc1nn(Cc2c(Cl)cccc2Cl)c(Cl)c1/C=N\NC(=S)NC[C@@H]1CCCO1. The lowest BCUT2D eigenvalue weighted by Crippen LogP contribution is -2.37. The van der Waals surface area contributed by atoms with Gasteiger partial charge < -0.3 is 10.1 Å². The summed E-state index contributed by atoms with van der Waals surface area (Å²) in [6, 6.07) is 5.36. The van der Waals surface area contributed by atoms with Gasteiger partial charge in [0.1, 0.15) is 5.15 Å². The monoisotopic (exact) mass is 459 g/mol. The van der Waals surface area contributed by atoms with Crippen molar-refractivity contribution in [2.75, 3.05) is 13.2 Å². The summed E-state index contributed by atoms with van der Waals surface area (Å²) in [4.78, 5) is 0. The first-order valence-electron chi connectivity index (χ1n) is 8.80. The molecule has 1 atom stereocenters. The lowest BCUT2D eigenvalue weighted by molar-refractivity contribution is 0.114. The Morgan fingerprint density at radius 2 is 2.14 bits per heavy atom. The Morgan fingerprint density at radius 3 is 2.82 bits per heavy atom. The fourth-order valence-electron chi connectivity index (χ4n) is 2.86. The van der Waals surface area contributed by atoms with Crippen molar-refractivity contribution in [2.45, 2.75) is 32.4 Å². The van der Waals surface area contributed by atoms with Crippen LogP contribution in [0.15, 0.2) is 23.3 Å². The Hall–Kier alpha value is -1.38. The maximum Gasteiger partial charge on any atom is 0.187 e. The molecule has 1 fully saturated rings. The van der Waals surface area contributed by atoms with Gasteiger partial charge in [-0.15, -0.1) is 0 Å². The maximum absolute atomic E-state index is 6.48. The molecule has 3 rings (SSSR count). The van der Waals surface area contributed by atoms with Gasteiger partial charge in [-0.25, -0.2) is 4.68 Å². The van der Waals surface area contributed by atoms with Crippen LogP contribution in [0.25, 0.3) is 0 Å². The quantitative estimate of drug-likeness (QED) is 0.385. The van der Waals surface area contributed by atoms with Crippen molar-refractivity contribution in [3.8, 4) is 0 Å². The van der Waals surface area contributed by atoms with E-state index < -0.39 is 0 Å². The van der Waals surface area contributed by atoms with E-state index in [2.05, 4.69) is 20.9 Å². The molecule has 1 aromatic carbocycles. The molecule has 0 saturated carbocycles. The lowest BCUT2D eigenvalue weighted by Gasteiger charge is -2.11. The second-order valence-electron chi connectivity index (χ2n) is 6.36. The van der Waals surface area contributed by atoms with Crippen LogP contribution in [0.4, 0.5) is 0 Å². The summed E-state index contributed by atoms with van der Waals surface area (Å²) in [5.74, 6) is 0. The van der Waals surface area contributed by atoms with Crippen molar-refractivity contribution in [3.05, 3.63) is 50.2 Å². The van der Waals surface area contributed by atoms with Gasteiger partial charge in [-0.1, -0.05) is 40.9 Å². The number of nitrogens with zero attached hydrogens (tertiary/aromatic N) is 3. The highest BCUT2D eigenvalue weighted by atomic mass is 35.5. The topological polar surface area (TPSA) is 63.5 Å². The summed E-state index contributed by atoms with van der Waals surface area (Å²) >= 11 is 24.2. The van der Waals surface area contributed by atoms with Gasteiger partial charge >= 0.3 is 0 Å². The second-order valence-corrected chi connectivity index (χ2v) is 7.94. The molecule has 2 aromatic rings. The van der Waals surface area contributed by atoms with Gasteiger partial charge in [-0.2, -0.15) is 10.2 Å². The average Bonchev–Trinajstić information content (AvgIpc) is 3.26. The number of halogens is 3. The van der Waals surface area contributed by atoms with Crippen molar-refractivity contribution in [3.63, 3.8) is 0 Å². The molecule has 0 unspecified atom stereocenters. The molecule has 2 heterocycles. The molecule has 1 aromatic heterocycles. The highest BCUT2D eigenvalue weighted by molar-refractivity contribution is 7.80. The Bertz CT molecular complexity index is 860. The molecule has 0 aliphatic carbocycles. The molecule has 0 radical (unpaired) electrons.